The molecular formula is C19H17N3O2S. The monoisotopic (exact) mass is 351 g/mol. The van der Waals surface area contributed by atoms with Crippen LogP contribution in [-0.4, -0.2) is 16.8 Å². The van der Waals surface area contributed by atoms with E-state index in [0.29, 0.717) is 24.4 Å². The fourth-order valence-electron chi connectivity index (χ4n) is 3.06. The van der Waals surface area contributed by atoms with Gasteiger partial charge in [0.1, 0.15) is 0 Å². The third-order valence-electron chi connectivity index (χ3n) is 4.37. The first-order chi connectivity index (χ1) is 12.2. The quantitative estimate of drug-likeness (QED) is 0.750. The number of nitrogens with one attached hydrogen (secondary N) is 2. The molecule has 3 aromatic rings. The fourth-order valence-corrected chi connectivity index (χ4v) is 3.94. The van der Waals surface area contributed by atoms with Crippen molar-refractivity contribution in [2.75, 3.05) is 10.6 Å². The Morgan fingerprint density at radius 3 is 2.88 bits per heavy atom. The van der Waals surface area contributed by atoms with Gasteiger partial charge >= 0.3 is 0 Å². The Hall–Kier alpha value is -2.73. The first kappa shape index (κ1) is 15.8. The molecule has 1 aliphatic rings. The zero-order valence-electron chi connectivity index (χ0n) is 13.5. The van der Waals surface area contributed by atoms with E-state index < -0.39 is 0 Å². The van der Waals surface area contributed by atoms with Crippen molar-refractivity contribution in [2.45, 2.75) is 19.3 Å². The molecule has 6 heteroatoms. The number of hydrogen-bond donors (Lipinski definition) is 2. The smallest absolute Gasteiger partial charge is 0.227 e. The molecule has 2 N–H and O–H groups in total. The van der Waals surface area contributed by atoms with Crippen LogP contribution >= 0.6 is 11.3 Å². The molecule has 2 aromatic carbocycles. The van der Waals surface area contributed by atoms with Gasteiger partial charge in [0.2, 0.25) is 11.8 Å². The van der Waals surface area contributed by atoms with Gasteiger partial charge in [-0.15, -0.1) is 0 Å². The molecule has 0 fully saturated rings. The van der Waals surface area contributed by atoms with E-state index in [1.165, 1.54) is 11.3 Å². The highest BCUT2D eigenvalue weighted by Gasteiger charge is 2.26. The van der Waals surface area contributed by atoms with Gasteiger partial charge < -0.3 is 10.6 Å². The van der Waals surface area contributed by atoms with Crippen molar-refractivity contribution in [2.24, 2.45) is 5.92 Å². The maximum absolute atomic E-state index is 12.2. The van der Waals surface area contributed by atoms with E-state index in [1.54, 1.807) is 0 Å². The number of carbonyl (C=O) groups excluding carboxylic acids is 2. The Morgan fingerprint density at radius 2 is 2.00 bits per heavy atom. The van der Waals surface area contributed by atoms with Crippen LogP contribution in [0.15, 0.2) is 48.5 Å². The van der Waals surface area contributed by atoms with E-state index >= 15 is 0 Å². The molecule has 0 spiro atoms. The number of fused-ring (bicyclic) bond motifs is 2. The summed E-state index contributed by atoms with van der Waals surface area (Å²) < 4.78 is 1.04. The predicted octanol–water partition coefficient (Wildman–Crippen LogP) is 3.83. The molecule has 0 saturated heterocycles. The maximum Gasteiger partial charge on any atom is 0.227 e. The summed E-state index contributed by atoms with van der Waals surface area (Å²) in [4.78, 5) is 28.8. The SMILES string of the molecule is O=C(CCC1Cc2ccccc2NC1=O)Nc1nc2ccccc2s1. The maximum atomic E-state index is 12.2. The number of hydrogen-bond acceptors (Lipinski definition) is 4. The van der Waals surface area contributed by atoms with Crippen molar-refractivity contribution in [1.29, 1.82) is 0 Å². The number of carbonyl (C=O) groups is 2. The fraction of sp³-hybridized carbons (Fsp3) is 0.211. The van der Waals surface area contributed by atoms with Gasteiger partial charge in [0.05, 0.1) is 10.2 Å². The molecular weight excluding hydrogens is 334 g/mol. The lowest BCUT2D eigenvalue weighted by Gasteiger charge is -2.24. The second-order valence-electron chi connectivity index (χ2n) is 6.12. The standard InChI is InChI=1S/C19H17N3O2S/c23-17(22-19-21-15-7-3-4-8-16(15)25-19)10-9-13-11-12-5-1-2-6-14(12)20-18(13)24/h1-8,13H,9-11H2,(H,20,24)(H,21,22,23). The van der Waals surface area contributed by atoms with Crippen molar-refractivity contribution >= 4 is 44.2 Å². The first-order valence-corrected chi connectivity index (χ1v) is 9.05. The van der Waals surface area contributed by atoms with Gasteiger partial charge in [-0.3, -0.25) is 9.59 Å². The molecule has 2 amide bonds. The predicted molar refractivity (Wildman–Crippen MR) is 99.7 cm³/mol. The van der Waals surface area contributed by atoms with Crippen LogP contribution in [0.25, 0.3) is 10.2 Å². The number of para-hydroxylation sites is 2. The molecule has 0 radical (unpaired) electrons. The molecule has 25 heavy (non-hydrogen) atoms. The summed E-state index contributed by atoms with van der Waals surface area (Å²) in [5.41, 5.74) is 2.88. The largest absolute Gasteiger partial charge is 0.326 e. The Kier molecular flexibility index (Phi) is 4.19. The highest BCUT2D eigenvalue weighted by atomic mass is 32.1. The summed E-state index contributed by atoms with van der Waals surface area (Å²) in [7, 11) is 0. The number of aromatic nitrogens is 1. The highest BCUT2D eigenvalue weighted by Crippen LogP contribution is 2.28. The average molecular weight is 351 g/mol. The normalized spacial score (nSPS) is 16.3. The van der Waals surface area contributed by atoms with E-state index in [0.717, 1.165) is 21.5 Å². The van der Waals surface area contributed by atoms with Crippen LogP contribution in [0.2, 0.25) is 0 Å². The van der Waals surface area contributed by atoms with E-state index in [2.05, 4.69) is 15.6 Å². The molecule has 1 atom stereocenters. The second kappa shape index (κ2) is 6.64. The summed E-state index contributed by atoms with van der Waals surface area (Å²) in [6.45, 7) is 0. The van der Waals surface area contributed by atoms with Crippen molar-refractivity contribution in [3.05, 3.63) is 54.1 Å². The van der Waals surface area contributed by atoms with E-state index in [9.17, 15) is 9.59 Å². The van der Waals surface area contributed by atoms with Gasteiger partial charge in [0.15, 0.2) is 5.13 Å². The zero-order valence-corrected chi connectivity index (χ0v) is 14.3. The van der Waals surface area contributed by atoms with Crippen LogP contribution in [0.5, 0.6) is 0 Å². The third-order valence-corrected chi connectivity index (χ3v) is 5.32. The Labute approximate surface area is 149 Å². The van der Waals surface area contributed by atoms with Crippen LogP contribution < -0.4 is 10.6 Å². The van der Waals surface area contributed by atoms with Crippen LogP contribution in [-0.2, 0) is 16.0 Å². The summed E-state index contributed by atoms with van der Waals surface area (Å²) in [6, 6.07) is 15.6. The van der Waals surface area contributed by atoms with Crippen molar-refractivity contribution in [3.63, 3.8) is 0 Å². The molecule has 5 nitrogen and oxygen atoms in total. The van der Waals surface area contributed by atoms with Gasteiger partial charge in [-0.2, -0.15) is 0 Å². The van der Waals surface area contributed by atoms with Gasteiger partial charge in [-0.25, -0.2) is 4.98 Å². The number of benzene rings is 2. The molecule has 1 unspecified atom stereocenters. The molecule has 2 heterocycles. The van der Waals surface area contributed by atoms with E-state index in [4.69, 9.17) is 0 Å². The molecule has 0 saturated carbocycles. The Balaban J connectivity index is 1.36. The molecule has 1 aliphatic heterocycles. The van der Waals surface area contributed by atoms with E-state index in [1.807, 2.05) is 48.5 Å². The lowest BCUT2D eigenvalue weighted by molar-refractivity contribution is -0.121. The zero-order chi connectivity index (χ0) is 17.2. The van der Waals surface area contributed by atoms with Crippen LogP contribution in [0.3, 0.4) is 0 Å². The van der Waals surface area contributed by atoms with Crippen LogP contribution in [0.4, 0.5) is 10.8 Å². The number of nitrogens with zero attached hydrogens (tertiary/aromatic N) is 1. The lowest BCUT2D eigenvalue weighted by Crippen LogP contribution is -2.30. The summed E-state index contributed by atoms with van der Waals surface area (Å²) >= 11 is 1.46. The minimum absolute atomic E-state index is 0.00788. The van der Waals surface area contributed by atoms with Crippen molar-refractivity contribution in [3.8, 4) is 0 Å². The minimum Gasteiger partial charge on any atom is -0.326 e. The molecule has 1 aromatic heterocycles. The van der Waals surface area contributed by atoms with Crippen molar-refractivity contribution in [1.82, 2.24) is 4.98 Å². The molecule has 0 bridgehead atoms. The van der Waals surface area contributed by atoms with Gasteiger partial charge in [0.25, 0.3) is 0 Å². The molecule has 4 rings (SSSR count). The molecule has 0 aliphatic carbocycles. The van der Waals surface area contributed by atoms with Gasteiger partial charge in [-0.05, 0) is 36.6 Å². The summed E-state index contributed by atoms with van der Waals surface area (Å²) in [6.07, 6.45) is 1.50. The first-order valence-electron chi connectivity index (χ1n) is 8.23. The number of rotatable bonds is 4. The van der Waals surface area contributed by atoms with E-state index in [-0.39, 0.29) is 17.7 Å². The average Bonchev–Trinajstić information content (AvgIpc) is 3.02. The second-order valence-corrected chi connectivity index (χ2v) is 7.15. The van der Waals surface area contributed by atoms with Crippen molar-refractivity contribution < 1.29 is 9.59 Å². The Bertz CT molecular complexity index is 918. The number of thiazole rings is 1. The highest BCUT2D eigenvalue weighted by molar-refractivity contribution is 7.22. The Morgan fingerprint density at radius 1 is 1.20 bits per heavy atom. The number of amides is 2. The summed E-state index contributed by atoms with van der Waals surface area (Å²) in [5.74, 6) is -0.284. The molecule has 126 valence electrons. The van der Waals surface area contributed by atoms with Gasteiger partial charge in [0, 0.05) is 18.0 Å². The van der Waals surface area contributed by atoms with Crippen LogP contribution in [0, 0.1) is 5.92 Å². The summed E-state index contributed by atoms with van der Waals surface area (Å²) in [5, 5.41) is 6.36. The van der Waals surface area contributed by atoms with Gasteiger partial charge in [-0.1, -0.05) is 41.7 Å². The number of anilines is 2. The topological polar surface area (TPSA) is 71.1 Å². The van der Waals surface area contributed by atoms with Crippen LogP contribution in [0.1, 0.15) is 18.4 Å². The minimum atomic E-state index is -0.170. The third kappa shape index (κ3) is 3.39. The lowest BCUT2D eigenvalue weighted by atomic mass is 9.89.